The monoisotopic (exact) mass is 312 g/mol. The molecule has 0 N–H and O–H groups in total. The van der Waals surface area contributed by atoms with Gasteiger partial charge in [-0.3, -0.25) is 4.79 Å². The maximum absolute atomic E-state index is 12.0. The molecule has 0 radical (unpaired) electrons. The summed E-state index contributed by atoms with van der Waals surface area (Å²) in [5, 5.41) is 1.15. The van der Waals surface area contributed by atoms with Gasteiger partial charge in [-0.2, -0.15) is 0 Å². The third-order valence-electron chi connectivity index (χ3n) is 2.84. The predicted octanol–water partition coefficient (Wildman–Crippen LogP) is 4.97. The van der Waals surface area contributed by atoms with Crippen molar-refractivity contribution < 1.29 is 4.79 Å². The van der Waals surface area contributed by atoms with E-state index in [-0.39, 0.29) is 5.78 Å². The molecule has 0 atom stereocenters. The Labute approximate surface area is 127 Å². The molecule has 2 rings (SSSR count). The van der Waals surface area contributed by atoms with Crippen LogP contribution in [-0.4, -0.2) is 5.78 Å². The second-order valence-electron chi connectivity index (χ2n) is 4.35. The lowest BCUT2D eigenvalue weighted by Gasteiger charge is -2.03. The molecule has 0 spiro atoms. The molecular formula is C15H14Cl2OS. The highest BCUT2D eigenvalue weighted by Crippen LogP contribution is 2.23. The van der Waals surface area contributed by atoms with E-state index in [9.17, 15) is 4.79 Å². The van der Waals surface area contributed by atoms with E-state index in [1.165, 1.54) is 4.88 Å². The molecule has 100 valence electrons. The normalized spacial score (nSPS) is 10.7. The molecule has 19 heavy (non-hydrogen) atoms. The summed E-state index contributed by atoms with van der Waals surface area (Å²) in [4.78, 5) is 14.5. The minimum absolute atomic E-state index is 0.175. The average Bonchev–Trinajstić information content (AvgIpc) is 2.80. The van der Waals surface area contributed by atoms with E-state index >= 15 is 0 Å². The first kappa shape index (κ1) is 14.6. The average molecular weight is 313 g/mol. The van der Waals surface area contributed by atoms with E-state index in [0.717, 1.165) is 16.9 Å². The summed E-state index contributed by atoms with van der Waals surface area (Å²) in [7, 11) is 0. The number of halogens is 2. The van der Waals surface area contributed by atoms with Gasteiger partial charge in [0.15, 0.2) is 0 Å². The van der Waals surface area contributed by atoms with Crippen LogP contribution in [0.2, 0.25) is 10.0 Å². The van der Waals surface area contributed by atoms with Crippen LogP contribution in [0.3, 0.4) is 0 Å². The maximum Gasteiger partial charge on any atom is 0.142 e. The predicted molar refractivity (Wildman–Crippen MR) is 82.6 cm³/mol. The summed E-state index contributed by atoms with van der Waals surface area (Å²) in [6, 6.07) is 9.37. The molecule has 1 nitrogen and oxygen atoms in total. The van der Waals surface area contributed by atoms with Gasteiger partial charge in [-0.25, -0.2) is 0 Å². The van der Waals surface area contributed by atoms with Gasteiger partial charge in [-0.15, -0.1) is 11.3 Å². The first-order valence-electron chi connectivity index (χ1n) is 6.11. The summed E-state index contributed by atoms with van der Waals surface area (Å²) in [5.74, 6) is 0.175. The SMILES string of the molecule is CCc1ccc(CC(=O)Cc2ccc(Cl)cc2Cl)s1. The molecule has 1 aromatic carbocycles. The van der Waals surface area contributed by atoms with E-state index < -0.39 is 0 Å². The minimum atomic E-state index is 0.175. The lowest BCUT2D eigenvalue weighted by atomic mass is 10.1. The number of rotatable bonds is 5. The molecule has 0 amide bonds. The highest BCUT2D eigenvalue weighted by molar-refractivity contribution is 7.12. The van der Waals surface area contributed by atoms with Crippen LogP contribution in [0.4, 0.5) is 0 Å². The number of hydrogen-bond donors (Lipinski definition) is 0. The second-order valence-corrected chi connectivity index (χ2v) is 6.45. The lowest BCUT2D eigenvalue weighted by molar-refractivity contribution is -0.117. The third-order valence-corrected chi connectivity index (χ3v) is 4.66. The second kappa shape index (κ2) is 6.56. The number of thiophene rings is 1. The Morgan fingerprint density at radius 1 is 1.11 bits per heavy atom. The molecular weight excluding hydrogens is 299 g/mol. The third kappa shape index (κ3) is 4.07. The topological polar surface area (TPSA) is 17.1 Å². The molecule has 0 bridgehead atoms. The molecule has 0 saturated heterocycles. The van der Waals surface area contributed by atoms with Gasteiger partial charge in [0.05, 0.1) is 0 Å². The van der Waals surface area contributed by atoms with Gasteiger partial charge in [0, 0.05) is 32.6 Å². The van der Waals surface area contributed by atoms with Crippen LogP contribution < -0.4 is 0 Å². The van der Waals surface area contributed by atoms with E-state index in [4.69, 9.17) is 23.2 Å². The van der Waals surface area contributed by atoms with Crippen LogP contribution in [0.25, 0.3) is 0 Å². The molecule has 0 saturated carbocycles. The highest BCUT2D eigenvalue weighted by Gasteiger charge is 2.10. The zero-order chi connectivity index (χ0) is 13.8. The van der Waals surface area contributed by atoms with Gasteiger partial charge >= 0.3 is 0 Å². The first-order valence-corrected chi connectivity index (χ1v) is 7.69. The van der Waals surface area contributed by atoms with Crippen molar-refractivity contribution in [2.75, 3.05) is 0 Å². The van der Waals surface area contributed by atoms with Crippen molar-refractivity contribution in [1.82, 2.24) is 0 Å². The molecule has 0 aliphatic heterocycles. The van der Waals surface area contributed by atoms with Gasteiger partial charge < -0.3 is 0 Å². The summed E-state index contributed by atoms with van der Waals surface area (Å²) in [6.45, 7) is 2.12. The largest absolute Gasteiger partial charge is 0.299 e. The molecule has 0 fully saturated rings. The van der Waals surface area contributed by atoms with Gasteiger partial charge in [0.2, 0.25) is 0 Å². The fraction of sp³-hybridized carbons (Fsp3) is 0.267. The summed E-state index contributed by atoms with van der Waals surface area (Å²) in [5.41, 5.74) is 0.836. The van der Waals surface area contributed by atoms with Crippen molar-refractivity contribution in [3.05, 3.63) is 55.7 Å². The van der Waals surface area contributed by atoms with Crippen molar-refractivity contribution in [1.29, 1.82) is 0 Å². The highest BCUT2D eigenvalue weighted by atomic mass is 35.5. The van der Waals surface area contributed by atoms with E-state index in [2.05, 4.69) is 13.0 Å². The lowest BCUT2D eigenvalue weighted by Crippen LogP contribution is -2.05. The number of benzene rings is 1. The van der Waals surface area contributed by atoms with Gasteiger partial charge in [0.1, 0.15) is 5.78 Å². The van der Waals surface area contributed by atoms with Crippen LogP contribution in [-0.2, 0) is 24.1 Å². The Kier molecular flexibility index (Phi) is 5.03. The van der Waals surface area contributed by atoms with Crippen LogP contribution in [0.15, 0.2) is 30.3 Å². The smallest absolute Gasteiger partial charge is 0.142 e. The van der Waals surface area contributed by atoms with Gasteiger partial charge in [-0.05, 0) is 36.2 Å². The Morgan fingerprint density at radius 3 is 2.47 bits per heavy atom. The molecule has 0 aliphatic carbocycles. The van der Waals surface area contributed by atoms with Crippen molar-refractivity contribution in [2.45, 2.75) is 26.2 Å². The van der Waals surface area contributed by atoms with Gasteiger partial charge in [-0.1, -0.05) is 36.2 Å². The van der Waals surface area contributed by atoms with Crippen LogP contribution in [0.1, 0.15) is 22.2 Å². The quantitative estimate of drug-likeness (QED) is 0.761. The zero-order valence-corrected chi connectivity index (χ0v) is 12.9. The Bertz CT molecular complexity index is 590. The molecule has 2 aromatic rings. The number of carbonyl (C=O) groups is 1. The molecule has 0 aliphatic rings. The number of hydrogen-bond acceptors (Lipinski definition) is 2. The standard InChI is InChI=1S/C15H14Cl2OS/c1-2-13-5-6-14(19-13)9-12(18)7-10-3-4-11(16)8-15(10)17/h3-6,8H,2,7,9H2,1H3. The summed E-state index contributed by atoms with van der Waals surface area (Å²) < 4.78 is 0. The van der Waals surface area contributed by atoms with Crippen molar-refractivity contribution in [3.8, 4) is 0 Å². The van der Waals surface area contributed by atoms with E-state index in [1.54, 1.807) is 23.5 Å². The van der Waals surface area contributed by atoms with Crippen molar-refractivity contribution >= 4 is 40.3 Å². The Hall–Kier alpha value is -0.830. The van der Waals surface area contributed by atoms with Crippen LogP contribution in [0, 0.1) is 0 Å². The number of Topliss-reactive ketones (excluding diaryl/α,β-unsaturated/α-hetero) is 1. The van der Waals surface area contributed by atoms with Crippen LogP contribution >= 0.6 is 34.5 Å². The summed E-state index contributed by atoms with van der Waals surface area (Å²) in [6.07, 6.45) is 1.85. The van der Waals surface area contributed by atoms with E-state index in [0.29, 0.717) is 22.9 Å². The Morgan fingerprint density at radius 2 is 1.84 bits per heavy atom. The van der Waals surface area contributed by atoms with Gasteiger partial charge in [0.25, 0.3) is 0 Å². The first-order chi connectivity index (χ1) is 9.08. The van der Waals surface area contributed by atoms with Crippen LogP contribution in [0.5, 0.6) is 0 Å². The van der Waals surface area contributed by atoms with Crippen molar-refractivity contribution in [3.63, 3.8) is 0 Å². The molecule has 4 heteroatoms. The summed E-state index contributed by atoms with van der Waals surface area (Å²) >= 11 is 13.6. The molecule has 1 heterocycles. The number of ketones is 1. The number of aryl methyl sites for hydroxylation is 1. The maximum atomic E-state index is 12.0. The fourth-order valence-electron chi connectivity index (χ4n) is 1.84. The molecule has 0 unspecified atom stereocenters. The Balaban J connectivity index is 2.01. The van der Waals surface area contributed by atoms with Crippen molar-refractivity contribution in [2.24, 2.45) is 0 Å². The fourth-order valence-corrected chi connectivity index (χ4v) is 3.30. The number of carbonyl (C=O) groups excluding carboxylic acids is 1. The zero-order valence-electron chi connectivity index (χ0n) is 10.6. The molecule has 1 aromatic heterocycles. The minimum Gasteiger partial charge on any atom is -0.299 e. The van der Waals surface area contributed by atoms with E-state index in [1.807, 2.05) is 12.1 Å².